The summed E-state index contributed by atoms with van der Waals surface area (Å²) in [5.41, 5.74) is 2.04. The van der Waals surface area contributed by atoms with E-state index < -0.39 is 11.9 Å². The van der Waals surface area contributed by atoms with E-state index in [1.807, 2.05) is 30.3 Å². The molecule has 1 aromatic carbocycles. The Hall–Kier alpha value is -0.870. The van der Waals surface area contributed by atoms with Crippen molar-refractivity contribution in [2.24, 2.45) is 5.92 Å². The van der Waals surface area contributed by atoms with Gasteiger partial charge in [0.05, 0.1) is 5.92 Å². The minimum absolute atomic E-state index is 0.0583. The first kappa shape index (κ1) is 16.5. The van der Waals surface area contributed by atoms with Crippen LogP contribution in [0, 0.1) is 5.92 Å². The molecule has 0 amide bonds. The molecule has 1 aromatic rings. The summed E-state index contributed by atoms with van der Waals surface area (Å²) in [6.45, 7) is 4.07. The maximum Gasteiger partial charge on any atom is 0.311 e. The molecule has 4 heteroatoms. The van der Waals surface area contributed by atoms with Crippen molar-refractivity contribution in [3.63, 3.8) is 0 Å². The molecule has 21 heavy (non-hydrogen) atoms. The lowest BCUT2D eigenvalue weighted by Gasteiger charge is -2.31. The van der Waals surface area contributed by atoms with Crippen molar-refractivity contribution in [1.82, 2.24) is 0 Å². The van der Waals surface area contributed by atoms with Crippen molar-refractivity contribution < 1.29 is 9.90 Å². The molecule has 0 radical (unpaired) electrons. The second-order valence-electron chi connectivity index (χ2n) is 5.92. The molecule has 1 fully saturated rings. The number of thiol groups is 2. The predicted octanol–water partition coefficient (Wildman–Crippen LogP) is 4.20. The zero-order chi connectivity index (χ0) is 15.4. The molecule has 1 saturated carbocycles. The fourth-order valence-electron chi connectivity index (χ4n) is 3.26. The van der Waals surface area contributed by atoms with Crippen LogP contribution in [0.15, 0.2) is 42.5 Å². The van der Waals surface area contributed by atoms with E-state index in [9.17, 15) is 9.90 Å². The van der Waals surface area contributed by atoms with Crippen molar-refractivity contribution in [1.29, 1.82) is 0 Å². The molecule has 0 spiro atoms. The fraction of sp³-hybridized carbons (Fsp3) is 0.471. The number of carboxylic acid groups (broad SMARTS) is 1. The maximum atomic E-state index is 11.8. The van der Waals surface area contributed by atoms with Gasteiger partial charge in [0.1, 0.15) is 0 Å². The average Bonchev–Trinajstić information content (AvgIpc) is 2.37. The summed E-state index contributed by atoms with van der Waals surface area (Å²) in [6.07, 6.45) is 3.26. The van der Waals surface area contributed by atoms with Gasteiger partial charge in [-0.3, -0.25) is 4.79 Å². The van der Waals surface area contributed by atoms with E-state index in [1.54, 1.807) is 0 Å². The third-order valence-corrected chi connectivity index (χ3v) is 4.88. The third kappa shape index (κ3) is 4.55. The van der Waals surface area contributed by atoms with E-state index in [0.29, 0.717) is 0 Å². The molecule has 114 valence electrons. The van der Waals surface area contributed by atoms with Crippen LogP contribution in [-0.4, -0.2) is 21.6 Å². The van der Waals surface area contributed by atoms with Gasteiger partial charge in [-0.15, -0.1) is 0 Å². The van der Waals surface area contributed by atoms with Crippen molar-refractivity contribution in [2.75, 3.05) is 0 Å². The quantitative estimate of drug-likeness (QED) is 0.576. The molecule has 0 aromatic heterocycles. The van der Waals surface area contributed by atoms with Gasteiger partial charge < -0.3 is 5.11 Å². The Morgan fingerprint density at radius 3 is 2.14 bits per heavy atom. The van der Waals surface area contributed by atoms with Crippen molar-refractivity contribution in [2.45, 2.75) is 42.1 Å². The molecular formula is C17H22O2S2. The summed E-state index contributed by atoms with van der Waals surface area (Å²) < 4.78 is 0. The second-order valence-corrected chi connectivity index (χ2v) is 7.38. The summed E-state index contributed by atoms with van der Waals surface area (Å²) in [4.78, 5) is 11.8. The fourth-order valence-corrected chi connectivity index (χ4v) is 4.32. The summed E-state index contributed by atoms with van der Waals surface area (Å²) >= 11 is 9.25. The summed E-state index contributed by atoms with van der Waals surface area (Å²) in [7, 11) is 0. The standard InChI is InChI=1S/C17H22O2S2/c1-11-7-14(20)9-13(10-15(21)8-11)16(17(18)19)12-5-3-2-4-6-12/h2-6,13-16,20-21H,1,7-10H2,(H,18,19). The molecule has 0 bridgehead atoms. The van der Waals surface area contributed by atoms with Crippen LogP contribution in [0.4, 0.5) is 0 Å². The Labute approximate surface area is 137 Å². The second kappa shape index (κ2) is 7.41. The molecular weight excluding hydrogens is 300 g/mol. The molecule has 1 aliphatic carbocycles. The smallest absolute Gasteiger partial charge is 0.311 e. The highest BCUT2D eigenvalue weighted by molar-refractivity contribution is 7.81. The van der Waals surface area contributed by atoms with Crippen LogP contribution in [-0.2, 0) is 4.79 Å². The number of carboxylic acids is 1. The molecule has 2 nitrogen and oxygen atoms in total. The minimum atomic E-state index is -0.758. The maximum absolute atomic E-state index is 11.8. The van der Waals surface area contributed by atoms with Gasteiger partial charge in [-0.2, -0.15) is 25.3 Å². The first-order valence-corrected chi connectivity index (χ1v) is 8.31. The lowest BCUT2D eigenvalue weighted by atomic mass is 9.77. The van der Waals surface area contributed by atoms with Gasteiger partial charge in [0.25, 0.3) is 0 Å². The molecule has 0 heterocycles. The SMILES string of the molecule is C=C1CC(S)CC(C(C(=O)O)c2ccccc2)CC(S)C1. The van der Waals surface area contributed by atoms with Crippen molar-refractivity contribution in [3.8, 4) is 0 Å². The number of benzene rings is 1. The Kier molecular flexibility index (Phi) is 5.82. The monoisotopic (exact) mass is 322 g/mol. The van der Waals surface area contributed by atoms with Gasteiger partial charge >= 0.3 is 5.97 Å². The topological polar surface area (TPSA) is 37.3 Å². The van der Waals surface area contributed by atoms with Gasteiger partial charge in [-0.1, -0.05) is 42.5 Å². The van der Waals surface area contributed by atoms with Gasteiger partial charge in [0.2, 0.25) is 0 Å². The van der Waals surface area contributed by atoms with Crippen LogP contribution in [0.2, 0.25) is 0 Å². The lowest BCUT2D eigenvalue weighted by molar-refractivity contribution is -0.140. The normalized spacial score (nSPS) is 28.5. The number of hydrogen-bond acceptors (Lipinski definition) is 3. The summed E-state index contributed by atoms with van der Waals surface area (Å²) in [6, 6.07) is 9.50. The van der Waals surface area contributed by atoms with Crippen molar-refractivity contribution in [3.05, 3.63) is 48.0 Å². The first-order valence-electron chi connectivity index (χ1n) is 7.28. The third-order valence-electron chi connectivity index (χ3n) is 4.09. The van der Waals surface area contributed by atoms with Crippen LogP contribution in [0.1, 0.15) is 37.2 Å². The van der Waals surface area contributed by atoms with Crippen LogP contribution in [0.5, 0.6) is 0 Å². The van der Waals surface area contributed by atoms with Gasteiger partial charge in [-0.25, -0.2) is 0 Å². The zero-order valence-corrected chi connectivity index (χ0v) is 13.8. The molecule has 0 aliphatic heterocycles. The molecule has 2 rings (SSSR count). The lowest BCUT2D eigenvalue weighted by Crippen LogP contribution is -2.28. The average molecular weight is 322 g/mol. The Morgan fingerprint density at radius 2 is 1.67 bits per heavy atom. The van der Waals surface area contributed by atoms with Crippen LogP contribution in [0.3, 0.4) is 0 Å². The zero-order valence-electron chi connectivity index (χ0n) is 12.0. The van der Waals surface area contributed by atoms with Gasteiger partial charge in [-0.05, 0) is 37.2 Å². The van der Waals surface area contributed by atoms with Gasteiger partial charge in [0, 0.05) is 10.5 Å². The van der Waals surface area contributed by atoms with E-state index in [2.05, 4.69) is 31.8 Å². The highest BCUT2D eigenvalue weighted by atomic mass is 32.1. The Morgan fingerprint density at radius 1 is 1.14 bits per heavy atom. The van der Waals surface area contributed by atoms with E-state index in [-0.39, 0.29) is 16.4 Å². The first-order chi connectivity index (χ1) is 9.97. The van der Waals surface area contributed by atoms with E-state index in [0.717, 1.165) is 31.2 Å². The largest absolute Gasteiger partial charge is 0.481 e. The van der Waals surface area contributed by atoms with Crippen LogP contribution in [0.25, 0.3) is 0 Å². The van der Waals surface area contributed by atoms with Crippen LogP contribution < -0.4 is 0 Å². The number of carbonyl (C=O) groups is 1. The highest BCUT2D eigenvalue weighted by Crippen LogP contribution is 2.38. The molecule has 1 N–H and O–H groups in total. The predicted molar refractivity (Wildman–Crippen MR) is 93.5 cm³/mol. The molecule has 1 aliphatic rings. The minimum Gasteiger partial charge on any atom is -0.481 e. The molecule has 3 atom stereocenters. The summed E-state index contributed by atoms with van der Waals surface area (Å²) in [5.74, 6) is -1.18. The number of aliphatic carboxylic acids is 1. The van der Waals surface area contributed by atoms with Crippen LogP contribution >= 0.6 is 25.3 Å². The number of hydrogen-bond donors (Lipinski definition) is 3. The summed E-state index contributed by atoms with van der Waals surface area (Å²) in [5, 5.41) is 10.0. The molecule has 3 unspecified atom stereocenters. The Balaban J connectivity index is 2.26. The molecule has 0 saturated heterocycles. The van der Waals surface area contributed by atoms with E-state index in [4.69, 9.17) is 0 Å². The van der Waals surface area contributed by atoms with Crippen molar-refractivity contribution >= 4 is 31.2 Å². The van der Waals surface area contributed by atoms with Gasteiger partial charge in [0.15, 0.2) is 0 Å². The Bertz CT molecular complexity index is 485. The van der Waals surface area contributed by atoms with E-state index >= 15 is 0 Å². The number of rotatable bonds is 3. The highest BCUT2D eigenvalue weighted by Gasteiger charge is 2.33. The number of allylic oxidation sites excluding steroid dienone is 1. The van der Waals surface area contributed by atoms with E-state index in [1.165, 1.54) is 5.57 Å².